The van der Waals surface area contributed by atoms with Crippen LogP contribution in [0.2, 0.25) is 0 Å². The van der Waals surface area contributed by atoms with E-state index in [0.717, 1.165) is 11.3 Å². The number of hydrogen-bond donors (Lipinski definition) is 2. The standard InChI is InChI=1S/C19H26N4O/c1-12(2)9-22-19(24)16-10-21-17(11-20-16)23-18-14(5)7-6-8-15(18)13(3)4/h6-8,10-13H,9H2,1-5H3,(H,21,23)(H,22,24). The fraction of sp³-hybridized carbons (Fsp3) is 0.421. The number of carbonyl (C=O) groups excluding carboxylic acids is 1. The molecule has 24 heavy (non-hydrogen) atoms. The van der Waals surface area contributed by atoms with E-state index in [0.29, 0.717) is 29.9 Å². The van der Waals surface area contributed by atoms with Gasteiger partial charge >= 0.3 is 0 Å². The van der Waals surface area contributed by atoms with E-state index in [1.807, 2.05) is 13.8 Å². The number of aryl methyl sites for hydroxylation is 1. The molecule has 0 unspecified atom stereocenters. The Hall–Kier alpha value is -2.43. The molecule has 0 atom stereocenters. The number of nitrogens with zero attached hydrogens (tertiary/aromatic N) is 2. The maximum Gasteiger partial charge on any atom is 0.271 e. The average molecular weight is 326 g/mol. The number of rotatable bonds is 6. The lowest BCUT2D eigenvalue weighted by Crippen LogP contribution is -2.28. The maximum atomic E-state index is 12.0. The normalized spacial score (nSPS) is 11.0. The van der Waals surface area contributed by atoms with E-state index in [-0.39, 0.29) is 5.91 Å². The first-order valence-corrected chi connectivity index (χ1v) is 8.35. The van der Waals surface area contributed by atoms with Crippen LogP contribution < -0.4 is 10.6 Å². The SMILES string of the molecule is Cc1cccc(C(C)C)c1Nc1cnc(C(=O)NCC(C)C)cn1. The number of carbonyl (C=O) groups is 1. The minimum atomic E-state index is -0.193. The highest BCUT2D eigenvalue weighted by molar-refractivity contribution is 5.92. The largest absolute Gasteiger partial charge is 0.350 e. The molecule has 0 saturated heterocycles. The Labute approximate surface area is 143 Å². The molecule has 1 heterocycles. The molecule has 0 fully saturated rings. The minimum Gasteiger partial charge on any atom is -0.350 e. The molecule has 1 amide bonds. The van der Waals surface area contributed by atoms with Crippen molar-refractivity contribution in [3.05, 3.63) is 47.4 Å². The Morgan fingerprint density at radius 1 is 1.12 bits per heavy atom. The van der Waals surface area contributed by atoms with E-state index in [1.165, 1.54) is 11.8 Å². The smallest absolute Gasteiger partial charge is 0.271 e. The van der Waals surface area contributed by atoms with Crippen LogP contribution in [0.3, 0.4) is 0 Å². The van der Waals surface area contributed by atoms with Crippen LogP contribution in [-0.4, -0.2) is 22.4 Å². The molecule has 5 heteroatoms. The number of para-hydroxylation sites is 1. The van der Waals surface area contributed by atoms with Crippen molar-refractivity contribution in [1.82, 2.24) is 15.3 Å². The van der Waals surface area contributed by atoms with Gasteiger partial charge in [-0.05, 0) is 29.9 Å². The van der Waals surface area contributed by atoms with Gasteiger partial charge in [-0.3, -0.25) is 4.79 Å². The van der Waals surface area contributed by atoms with Gasteiger partial charge in [-0.2, -0.15) is 0 Å². The number of nitrogens with one attached hydrogen (secondary N) is 2. The lowest BCUT2D eigenvalue weighted by Gasteiger charge is -2.16. The molecule has 0 aliphatic heterocycles. The summed E-state index contributed by atoms with van der Waals surface area (Å²) in [7, 11) is 0. The number of benzene rings is 1. The molecule has 0 aliphatic rings. The Morgan fingerprint density at radius 2 is 1.88 bits per heavy atom. The summed E-state index contributed by atoms with van der Waals surface area (Å²) in [5, 5.41) is 6.17. The maximum absolute atomic E-state index is 12.0. The molecule has 2 N–H and O–H groups in total. The quantitative estimate of drug-likeness (QED) is 0.841. The van der Waals surface area contributed by atoms with Crippen molar-refractivity contribution in [2.75, 3.05) is 11.9 Å². The van der Waals surface area contributed by atoms with E-state index in [9.17, 15) is 4.79 Å². The lowest BCUT2D eigenvalue weighted by molar-refractivity contribution is 0.0943. The molecule has 2 aromatic rings. The molecule has 1 aromatic carbocycles. The molecule has 0 radical (unpaired) electrons. The molecular formula is C19H26N4O. The first-order valence-electron chi connectivity index (χ1n) is 8.35. The van der Waals surface area contributed by atoms with Crippen LogP contribution in [0.25, 0.3) is 0 Å². The Kier molecular flexibility index (Phi) is 5.90. The van der Waals surface area contributed by atoms with Gasteiger partial charge in [0.2, 0.25) is 0 Å². The average Bonchev–Trinajstić information content (AvgIpc) is 2.55. The van der Waals surface area contributed by atoms with Crippen molar-refractivity contribution in [2.45, 2.75) is 40.5 Å². The van der Waals surface area contributed by atoms with Gasteiger partial charge in [0.1, 0.15) is 11.5 Å². The highest BCUT2D eigenvalue weighted by atomic mass is 16.1. The molecule has 0 saturated carbocycles. The predicted molar refractivity (Wildman–Crippen MR) is 97.8 cm³/mol. The van der Waals surface area contributed by atoms with Crippen molar-refractivity contribution in [2.24, 2.45) is 5.92 Å². The third-order valence-corrected chi connectivity index (χ3v) is 3.74. The molecule has 0 aliphatic carbocycles. The zero-order valence-corrected chi connectivity index (χ0v) is 15.1. The highest BCUT2D eigenvalue weighted by Gasteiger charge is 2.11. The van der Waals surface area contributed by atoms with Crippen molar-refractivity contribution in [3.63, 3.8) is 0 Å². The van der Waals surface area contributed by atoms with Gasteiger partial charge in [0.25, 0.3) is 5.91 Å². The second kappa shape index (κ2) is 7.90. The summed E-state index contributed by atoms with van der Waals surface area (Å²) in [5.41, 5.74) is 3.77. The highest BCUT2D eigenvalue weighted by Crippen LogP contribution is 2.29. The lowest BCUT2D eigenvalue weighted by atomic mass is 9.98. The van der Waals surface area contributed by atoms with Gasteiger partial charge < -0.3 is 10.6 Å². The van der Waals surface area contributed by atoms with Gasteiger partial charge in [-0.1, -0.05) is 45.9 Å². The van der Waals surface area contributed by atoms with E-state index in [2.05, 4.69) is 59.6 Å². The van der Waals surface area contributed by atoms with Gasteiger partial charge in [-0.15, -0.1) is 0 Å². The molecule has 2 rings (SSSR count). The number of aromatic nitrogens is 2. The third kappa shape index (κ3) is 4.54. The zero-order chi connectivity index (χ0) is 17.7. The molecular weight excluding hydrogens is 300 g/mol. The first kappa shape index (κ1) is 17.9. The minimum absolute atomic E-state index is 0.193. The summed E-state index contributed by atoms with van der Waals surface area (Å²) in [6.45, 7) is 11.1. The van der Waals surface area contributed by atoms with E-state index < -0.39 is 0 Å². The van der Waals surface area contributed by atoms with Gasteiger partial charge in [0, 0.05) is 12.2 Å². The summed E-state index contributed by atoms with van der Waals surface area (Å²) in [6, 6.07) is 6.24. The molecule has 0 bridgehead atoms. The molecule has 1 aromatic heterocycles. The Bertz CT molecular complexity index is 693. The van der Waals surface area contributed by atoms with Gasteiger partial charge in [0.05, 0.1) is 12.4 Å². The zero-order valence-electron chi connectivity index (χ0n) is 15.1. The van der Waals surface area contributed by atoms with Crippen molar-refractivity contribution >= 4 is 17.4 Å². The van der Waals surface area contributed by atoms with Crippen LogP contribution in [0.1, 0.15) is 55.2 Å². The number of hydrogen-bond acceptors (Lipinski definition) is 4. The summed E-state index contributed by atoms with van der Waals surface area (Å²) >= 11 is 0. The summed E-state index contributed by atoms with van der Waals surface area (Å²) in [5.74, 6) is 1.24. The van der Waals surface area contributed by atoms with Gasteiger partial charge in [0.15, 0.2) is 0 Å². The third-order valence-electron chi connectivity index (χ3n) is 3.74. The van der Waals surface area contributed by atoms with Gasteiger partial charge in [-0.25, -0.2) is 9.97 Å². The van der Waals surface area contributed by atoms with Crippen LogP contribution in [-0.2, 0) is 0 Å². The van der Waals surface area contributed by atoms with Crippen LogP contribution >= 0.6 is 0 Å². The van der Waals surface area contributed by atoms with Crippen LogP contribution in [0.5, 0.6) is 0 Å². The van der Waals surface area contributed by atoms with Crippen LogP contribution in [0.4, 0.5) is 11.5 Å². The summed E-state index contributed by atoms with van der Waals surface area (Å²) in [4.78, 5) is 20.5. The monoisotopic (exact) mass is 326 g/mol. The van der Waals surface area contributed by atoms with E-state index >= 15 is 0 Å². The second-order valence-electron chi connectivity index (χ2n) is 6.71. The summed E-state index contributed by atoms with van der Waals surface area (Å²) in [6.07, 6.45) is 3.10. The van der Waals surface area contributed by atoms with Crippen LogP contribution in [0, 0.1) is 12.8 Å². The topological polar surface area (TPSA) is 66.9 Å². The molecule has 0 spiro atoms. The predicted octanol–water partition coefficient (Wildman–Crippen LogP) is 4.04. The van der Waals surface area contributed by atoms with Crippen molar-refractivity contribution in [3.8, 4) is 0 Å². The van der Waals surface area contributed by atoms with E-state index in [1.54, 1.807) is 6.20 Å². The van der Waals surface area contributed by atoms with E-state index in [4.69, 9.17) is 0 Å². The van der Waals surface area contributed by atoms with Crippen molar-refractivity contribution < 1.29 is 4.79 Å². The molecule has 5 nitrogen and oxygen atoms in total. The Morgan fingerprint density at radius 3 is 2.46 bits per heavy atom. The fourth-order valence-corrected chi connectivity index (χ4v) is 2.37. The number of anilines is 2. The first-order chi connectivity index (χ1) is 11.4. The fourth-order valence-electron chi connectivity index (χ4n) is 2.37. The Balaban J connectivity index is 2.14. The second-order valence-corrected chi connectivity index (χ2v) is 6.71. The van der Waals surface area contributed by atoms with Crippen LogP contribution in [0.15, 0.2) is 30.6 Å². The summed E-state index contributed by atoms with van der Waals surface area (Å²) < 4.78 is 0. The number of amides is 1. The van der Waals surface area contributed by atoms with Crippen molar-refractivity contribution in [1.29, 1.82) is 0 Å². The molecule has 128 valence electrons.